The number of hydrogen-bond acceptors (Lipinski definition) is 4. The summed E-state index contributed by atoms with van der Waals surface area (Å²) in [6.07, 6.45) is 1.50. The van der Waals surface area contributed by atoms with Crippen LogP contribution in [-0.4, -0.2) is 40.5 Å². The number of imidazole rings is 1. The van der Waals surface area contributed by atoms with Gasteiger partial charge in [-0.1, -0.05) is 24.3 Å². The van der Waals surface area contributed by atoms with E-state index in [9.17, 15) is 14.7 Å². The zero-order valence-electron chi connectivity index (χ0n) is 15.0. The van der Waals surface area contributed by atoms with Crippen LogP contribution in [0.4, 0.5) is 0 Å². The maximum absolute atomic E-state index is 12.8. The Balaban J connectivity index is 1.87. The van der Waals surface area contributed by atoms with Crippen LogP contribution in [0.1, 0.15) is 45.4 Å². The minimum atomic E-state index is -1.13. The van der Waals surface area contributed by atoms with E-state index in [1.165, 1.54) is 12.1 Å². The minimum Gasteiger partial charge on any atom is -0.478 e. The number of nitrogens with zero attached hydrogens (tertiary/aromatic N) is 1. The van der Waals surface area contributed by atoms with Crippen molar-refractivity contribution in [2.24, 2.45) is 0 Å². The first kappa shape index (κ1) is 18.6. The maximum atomic E-state index is 12.8. The van der Waals surface area contributed by atoms with Gasteiger partial charge >= 0.3 is 5.97 Å². The van der Waals surface area contributed by atoms with Crippen molar-refractivity contribution in [2.75, 3.05) is 13.6 Å². The van der Waals surface area contributed by atoms with Crippen molar-refractivity contribution in [3.8, 4) is 0 Å². The number of fused-ring (bicyclic) bond motifs is 1. The number of rotatable bonds is 8. The Labute approximate surface area is 156 Å². The number of carbonyl (C=O) groups excluding carboxylic acids is 1. The van der Waals surface area contributed by atoms with Crippen molar-refractivity contribution in [1.29, 1.82) is 0 Å². The number of carbonyl (C=O) groups is 2. The quantitative estimate of drug-likeness (QED) is 0.459. The molecule has 1 aromatic heterocycles. The number of aromatic amines is 1. The molecule has 7 heteroatoms. The highest BCUT2D eigenvalue weighted by molar-refractivity contribution is 6.04. The molecule has 2 aromatic carbocycles. The van der Waals surface area contributed by atoms with Crippen LogP contribution in [-0.2, 0) is 0 Å². The Hall–Kier alpha value is -3.19. The smallest absolute Gasteiger partial charge is 0.336 e. The number of aromatic nitrogens is 2. The highest BCUT2D eigenvalue weighted by atomic mass is 16.4. The fraction of sp³-hybridized carbons (Fsp3) is 0.250. The van der Waals surface area contributed by atoms with E-state index in [-0.39, 0.29) is 17.2 Å². The highest BCUT2D eigenvalue weighted by Crippen LogP contribution is 2.21. The molecule has 1 atom stereocenters. The monoisotopic (exact) mass is 366 g/mol. The third-order valence-electron chi connectivity index (χ3n) is 4.36. The van der Waals surface area contributed by atoms with E-state index in [1.54, 1.807) is 12.1 Å². The second kappa shape index (κ2) is 8.46. The summed E-state index contributed by atoms with van der Waals surface area (Å²) in [6.45, 7) is 0.804. The minimum absolute atomic E-state index is 0.0198. The lowest BCUT2D eigenvalue weighted by atomic mass is 10.1. The van der Waals surface area contributed by atoms with Gasteiger partial charge in [-0.25, -0.2) is 9.78 Å². The molecule has 1 heterocycles. The number of carboxylic acids is 1. The predicted octanol–water partition coefficient (Wildman–Crippen LogP) is 2.73. The first-order valence-corrected chi connectivity index (χ1v) is 8.82. The van der Waals surface area contributed by atoms with E-state index in [1.807, 2.05) is 31.3 Å². The Bertz CT molecular complexity index is 918. The van der Waals surface area contributed by atoms with Gasteiger partial charge in [-0.05, 0) is 50.7 Å². The van der Waals surface area contributed by atoms with Crippen molar-refractivity contribution < 1.29 is 14.7 Å². The third kappa shape index (κ3) is 4.32. The molecule has 7 nitrogen and oxygen atoms in total. The van der Waals surface area contributed by atoms with E-state index in [4.69, 9.17) is 0 Å². The second-order valence-electron chi connectivity index (χ2n) is 6.26. The van der Waals surface area contributed by atoms with Gasteiger partial charge in [0.1, 0.15) is 5.82 Å². The fourth-order valence-corrected chi connectivity index (χ4v) is 3.00. The molecule has 0 bridgehead atoms. The largest absolute Gasteiger partial charge is 0.478 e. The summed E-state index contributed by atoms with van der Waals surface area (Å²) in [6, 6.07) is 13.5. The molecule has 0 spiro atoms. The molecule has 1 amide bonds. The zero-order valence-corrected chi connectivity index (χ0v) is 15.0. The van der Waals surface area contributed by atoms with E-state index >= 15 is 0 Å². The van der Waals surface area contributed by atoms with Gasteiger partial charge in [-0.3, -0.25) is 4.79 Å². The standard InChI is InChI=1S/C20H22N4O3/c1-21-12-6-11-17(18-22-15-9-4-5-10-16(15)23-18)24-19(25)13-7-2-3-8-14(13)20(26)27/h2-5,7-10,17,21H,6,11-12H2,1H3,(H,22,23)(H,24,25)(H,26,27). The Morgan fingerprint density at radius 1 is 1.11 bits per heavy atom. The van der Waals surface area contributed by atoms with E-state index in [0.717, 1.165) is 24.0 Å². The van der Waals surface area contributed by atoms with Crippen LogP contribution in [0.25, 0.3) is 11.0 Å². The molecule has 4 N–H and O–H groups in total. The van der Waals surface area contributed by atoms with Gasteiger partial charge in [0, 0.05) is 0 Å². The summed E-state index contributed by atoms with van der Waals surface area (Å²) in [5.74, 6) is -0.896. The number of H-pyrrole nitrogens is 1. The zero-order chi connectivity index (χ0) is 19.2. The van der Waals surface area contributed by atoms with E-state index in [2.05, 4.69) is 20.6 Å². The SMILES string of the molecule is CNCCCC(NC(=O)c1ccccc1C(=O)O)c1nc2ccccc2[nH]1. The van der Waals surface area contributed by atoms with Gasteiger partial charge in [0.05, 0.1) is 28.2 Å². The van der Waals surface area contributed by atoms with Crippen molar-refractivity contribution >= 4 is 22.9 Å². The lowest BCUT2D eigenvalue weighted by Gasteiger charge is -2.17. The maximum Gasteiger partial charge on any atom is 0.336 e. The van der Waals surface area contributed by atoms with Crippen LogP contribution in [0.2, 0.25) is 0 Å². The van der Waals surface area contributed by atoms with Gasteiger partial charge in [0.2, 0.25) is 0 Å². The Morgan fingerprint density at radius 3 is 2.52 bits per heavy atom. The van der Waals surface area contributed by atoms with Gasteiger partial charge in [-0.15, -0.1) is 0 Å². The van der Waals surface area contributed by atoms with Crippen LogP contribution in [0, 0.1) is 0 Å². The first-order chi connectivity index (χ1) is 13.1. The molecule has 0 saturated heterocycles. The van der Waals surface area contributed by atoms with Crippen molar-refractivity contribution in [2.45, 2.75) is 18.9 Å². The number of carboxylic acid groups (broad SMARTS) is 1. The molecule has 0 radical (unpaired) electrons. The number of nitrogens with one attached hydrogen (secondary N) is 3. The molecule has 3 rings (SSSR count). The average molecular weight is 366 g/mol. The molecule has 27 heavy (non-hydrogen) atoms. The normalized spacial score (nSPS) is 12.0. The molecule has 3 aromatic rings. The molecule has 0 aliphatic heterocycles. The van der Waals surface area contributed by atoms with Crippen molar-refractivity contribution in [3.63, 3.8) is 0 Å². The number of para-hydroxylation sites is 2. The lowest BCUT2D eigenvalue weighted by molar-refractivity contribution is 0.0690. The summed E-state index contributed by atoms with van der Waals surface area (Å²) in [5.41, 5.74) is 1.84. The molecule has 0 saturated carbocycles. The number of benzene rings is 2. The number of aromatic carboxylic acids is 1. The summed E-state index contributed by atoms with van der Waals surface area (Å²) < 4.78 is 0. The Morgan fingerprint density at radius 2 is 1.81 bits per heavy atom. The number of amides is 1. The molecule has 140 valence electrons. The van der Waals surface area contributed by atoms with Crippen molar-refractivity contribution in [3.05, 3.63) is 65.5 Å². The van der Waals surface area contributed by atoms with Gasteiger partial charge in [0.25, 0.3) is 5.91 Å². The van der Waals surface area contributed by atoms with Crippen LogP contribution in [0.5, 0.6) is 0 Å². The Kier molecular flexibility index (Phi) is 5.83. The van der Waals surface area contributed by atoms with Crippen molar-refractivity contribution in [1.82, 2.24) is 20.6 Å². The molecule has 1 unspecified atom stereocenters. The molecular weight excluding hydrogens is 344 g/mol. The summed E-state index contributed by atoms with van der Waals surface area (Å²) in [4.78, 5) is 32.0. The summed E-state index contributed by atoms with van der Waals surface area (Å²) in [7, 11) is 1.87. The summed E-state index contributed by atoms with van der Waals surface area (Å²) in [5, 5.41) is 15.4. The topological polar surface area (TPSA) is 107 Å². The average Bonchev–Trinajstić information content (AvgIpc) is 3.11. The molecule has 0 aliphatic rings. The van der Waals surface area contributed by atoms with Gasteiger partial charge < -0.3 is 20.7 Å². The first-order valence-electron chi connectivity index (χ1n) is 8.82. The van der Waals surface area contributed by atoms with Crippen LogP contribution in [0.3, 0.4) is 0 Å². The molecule has 0 aliphatic carbocycles. The van der Waals surface area contributed by atoms with Gasteiger partial charge in [-0.2, -0.15) is 0 Å². The molecule has 0 fully saturated rings. The molecular formula is C20H22N4O3. The highest BCUT2D eigenvalue weighted by Gasteiger charge is 2.22. The predicted molar refractivity (Wildman–Crippen MR) is 103 cm³/mol. The van der Waals surface area contributed by atoms with Crippen LogP contribution in [0.15, 0.2) is 48.5 Å². The van der Waals surface area contributed by atoms with E-state index in [0.29, 0.717) is 12.2 Å². The lowest BCUT2D eigenvalue weighted by Crippen LogP contribution is -2.31. The third-order valence-corrected chi connectivity index (χ3v) is 4.36. The number of hydrogen-bond donors (Lipinski definition) is 4. The van der Waals surface area contributed by atoms with E-state index < -0.39 is 11.9 Å². The second-order valence-corrected chi connectivity index (χ2v) is 6.26. The van der Waals surface area contributed by atoms with Gasteiger partial charge in [0.15, 0.2) is 0 Å². The summed E-state index contributed by atoms with van der Waals surface area (Å²) >= 11 is 0. The van der Waals surface area contributed by atoms with Crippen LogP contribution < -0.4 is 10.6 Å². The fourth-order valence-electron chi connectivity index (χ4n) is 3.00. The van der Waals surface area contributed by atoms with Crippen LogP contribution >= 0.6 is 0 Å².